The molecule has 8 heteroatoms. The van der Waals surface area contributed by atoms with Crippen LogP contribution in [-0.2, 0) is 33.9 Å². The molecule has 4 rings (SSSR count). The van der Waals surface area contributed by atoms with Crippen molar-refractivity contribution in [3.63, 3.8) is 0 Å². The van der Waals surface area contributed by atoms with Crippen LogP contribution in [0.5, 0.6) is 11.5 Å². The quantitative estimate of drug-likeness (QED) is 0.242. The van der Waals surface area contributed by atoms with Gasteiger partial charge in [0, 0.05) is 12.0 Å². The van der Waals surface area contributed by atoms with Crippen LogP contribution < -0.4 is 14.8 Å². The summed E-state index contributed by atoms with van der Waals surface area (Å²) in [7, 11) is 2.52. The van der Waals surface area contributed by atoms with Gasteiger partial charge in [-0.05, 0) is 47.0 Å². The lowest BCUT2D eigenvalue weighted by atomic mass is 10.0. The normalized spacial score (nSPS) is 11.2. The van der Waals surface area contributed by atoms with Gasteiger partial charge in [0.25, 0.3) is 5.91 Å². The highest BCUT2D eigenvalue weighted by Gasteiger charge is 2.24. The number of amides is 1. The topological polar surface area (TPSA) is 100 Å². The molecule has 0 saturated carbocycles. The third-order valence-electron chi connectivity index (χ3n) is 6.26. The van der Waals surface area contributed by atoms with Gasteiger partial charge in [0.2, 0.25) is 0 Å². The van der Waals surface area contributed by atoms with E-state index in [4.69, 9.17) is 18.9 Å². The van der Waals surface area contributed by atoms with Crippen LogP contribution in [0.3, 0.4) is 0 Å². The fourth-order valence-corrected chi connectivity index (χ4v) is 4.10. The Morgan fingerprint density at radius 3 is 1.85 bits per heavy atom. The molecule has 41 heavy (non-hydrogen) atoms. The summed E-state index contributed by atoms with van der Waals surface area (Å²) in [6.07, 6.45) is 0.135. The summed E-state index contributed by atoms with van der Waals surface area (Å²) in [6.45, 7) is 0.674. The molecule has 0 bridgehead atoms. The lowest BCUT2D eigenvalue weighted by Gasteiger charge is -2.19. The van der Waals surface area contributed by atoms with Crippen molar-refractivity contribution in [2.24, 2.45) is 0 Å². The van der Waals surface area contributed by atoms with Gasteiger partial charge in [-0.3, -0.25) is 4.79 Å². The van der Waals surface area contributed by atoms with Crippen molar-refractivity contribution in [3.05, 3.63) is 131 Å². The number of hydrogen-bond donors (Lipinski definition) is 1. The Labute approximate surface area is 238 Å². The zero-order valence-electron chi connectivity index (χ0n) is 22.9. The van der Waals surface area contributed by atoms with E-state index in [-0.39, 0.29) is 17.5 Å². The zero-order valence-corrected chi connectivity index (χ0v) is 22.9. The second-order valence-electron chi connectivity index (χ2n) is 9.16. The first-order valence-electron chi connectivity index (χ1n) is 13.0. The molecule has 0 aromatic heterocycles. The minimum absolute atomic E-state index is 0.135. The van der Waals surface area contributed by atoms with Crippen molar-refractivity contribution < 1.29 is 33.3 Å². The molecule has 0 heterocycles. The Morgan fingerprint density at radius 1 is 0.634 bits per heavy atom. The van der Waals surface area contributed by atoms with Gasteiger partial charge >= 0.3 is 11.9 Å². The summed E-state index contributed by atoms with van der Waals surface area (Å²) >= 11 is 0. The van der Waals surface area contributed by atoms with Gasteiger partial charge in [-0.1, -0.05) is 72.8 Å². The zero-order chi connectivity index (χ0) is 29.0. The van der Waals surface area contributed by atoms with Crippen LogP contribution in [0, 0.1) is 0 Å². The first kappa shape index (κ1) is 28.9. The maximum Gasteiger partial charge on any atom is 0.337 e. The second kappa shape index (κ2) is 14.3. The monoisotopic (exact) mass is 553 g/mol. The lowest BCUT2D eigenvalue weighted by molar-refractivity contribution is -0.142. The molecule has 0 unspecified atom stereocenters. The van der Waals surface area contributed by atoms with Gasteiger partial charge in [-0.15, -0.1) is 0 Å². The van der Waals surface area contributed by atoms with Gasteiger partial charge in [-0.2, -0.15) is 0 Å². The molecule has 0 aliphatic heterocycles. The van der Waals surface area contributed by atoms with Gasteiger partial charge in [0.05, 0.1) is 19.8 Å². The molecule has 8 nitrogen and oxygen atoms in total. The molecule has 1 atom stereocenters. The minimum atomic E-state index is -0.993. The van der Waals surface area contributed by atoms with E-state index in [0.717, 1.165) is 16.7 Å². The molecule has 0 fully saturated rings. The van der Waals surface area contributed by atoms with E-state index >= 15 is 0 Å². The summed E-state index contributed by atoms with van der Waals surface area (Å²) in [6, 6.07) is 30.0. The Morgan fingerprint density at radius 2 is 1.24 bits per heavy atom. The lowest BCUT2D eigenvalue weighted by Crippen LogP contribution is -2.43. The number of methoxy groups -OCH3 is 2. The molecule has 4 aromatic rings. The standard InChI is InChI=1S/C33H31NO7/c1-38-32(36)27-15-9-14-26(20-27)31(35)34-28(33(37)39-2)18-25-16-17-29(40-21-23-10-5-3-6-11-23)30(19-25)41-22-24-12-7-4-8-13-24/h3-17,19-20,28H,18,21-22H2,1-2H3,(H,34,35)/t28-/m0/s1. The van der Waals surface area contributed by atoms with Gasteiger partial charge < -0.3 is 24.3 Å². The fourth-order valence-electron chi connectivity index (χ4n) is 4.10. The van der Waals surface area contributed by atoms with Crippen molar-refractivity contribution in [1.29, 1.82) is 0 Å². The summed E-state index contributed by atoms with van der Waals surface area (Å²) in [4.78, 5) is 37.6. The third kappa shape index (κ3) is 8.19. The molecule has 0 aliphatic carbocycles. The number of carbonyl (C=O) groups is 3. The summed E-state index contributed by atoms with van der Waals surface area (Å²) in [5.41, 5.74) is 3.15. The Bertz CT molecular complexity index is 1470. The molecule has 1 N–H and O–H groups in total. The van der Waals surface area contributed by atoms with Gasteiger partial charge in [-0.25, -0.2) is 9.59 Å². The predicted molar refractivity (Wildman–Crippen MR) is 153 cm³/mol. The third-order valence-corrected chi connectivity index (χ3v) is 6.26. The van der Waals surface area contributed by atoms with Crippen LogP contribution in [0.4, 0.5) is 0 Å². The Hall–Kier alpha value is -5.11. The van der Waals surface area contributed by atoms with Crippen molar-refractivity contribution in [3.8, 4) is 11.5 Å². The van der Waals surface area contributed by atoms with E-state index < -0.39 is 23.9 Å². The van der Waals surface area contributed by atoms with Crippen molar-refractivity contribution in [2.45, 2.75) is 25.7 Å². The highest BCUT2D eigenvalue weighted by atomic mass is 16.5. The number of carbonyl (C=O) groups excluding carboxylic acids is 3. The van der Waals surface area contributed by atoms with Crippen LogP contribution in [-0.4, -0.2) is 38.1 Å². The van der Waals surface area contributed by atoms with E-state index in [1.807, 2.05) is 66.7 Å². The van der Waals surface area contributed by atoms with Crippen LogP contribution in [0.25, 0.3) is 0 Å². The van der Waals surface area contributed by atoms with Crippen LogP contribution in [0.2, 0.25) is 0 Å². The SMILES string of the molecule is COC(=O)c1cccc(C(=O)N[C@@H](Cc2ccc(OCc3ccccc3)c(OCc3ccccc3)c2)C(=O)OC)c1. The molecular formula is C33H31NO7. The van der Waals surface area contributed by atoms with Crippen molar-refractivity contribution in [2.75, 3.05) is 14.2 Å². The summed E-state index contributed by atoms with van der Waals surface area (Å²) in [5.74, 6) is -0.662. The first-order chi connectivity index (χ1) is 20.0. The second-order valence-corrected chi connectivity index (χ2v) is 9.16. The molecule has 1 amide bonds. The summed E-state index contributed by atoms with van der Waals surface area (Å²) < 4.78 is 21.9. The largest absolute Gasteiger partial charge is 0.485 e. The number of hydrogen-bond acceptors (Lipinski definition) is 7. The Kier molecular flexibility index (Phi) is 10.1. The Balaban J connectivity index is 1.54. The smallest absolute Gasteiger partial charge is 0.337 e. The van der Waals surface area contributed by atoms with E-state index in [2.05, 4.69) is 5.32 Å². The molecule has 210 valence electrons. The van der Waals surface area contributed by atoms with Crippen LogP contribution in [0.15, 0.2) is 103 Å². The number of ether oxygens (including phenoxy) is 4. The maximum absolute atomic E-state index is 13.0. The number of esters is 2. The van der Waals surface area contributed by atoms with Crippen molar-refractivity contribution >= 4 is 17.8 Å². The summed E-state index contributed by atoms with van der Waals surface area (Å²) in [5, 5.41) is 2.72. The number of benzene rings is 4. The average Bonchev–Trinajstić information content (AvgIpc) is 3.03. The molecule has 4 aromatic carbocycles. The van der Waals surface area contributed by atoms with E-state index in [9.17, 15) is 14.4 Å². The predicted octanol–water partition coefficient (Wildman–Crippen LogP) is 5.15. The number of nitrogens with one attached hydrogen (secondary N) is 1. The first-order valence-corrected chi connectivity index (χ1v) is 13.0. The molecule has 0 saturated heterocycles. The van der Waals surface area contributed by atoms with E-state index in [0.29, 0.717) is 24.7 Å². The highest BCUT2D eigenvalue weighted by Crippen LogP contribution is 2.31. The van der Waals surface area contributed by atoms with Crippen LogP contribution >= 0.6 is 0 Å². The molecule has 0 radical (unpaired) electrons. The fraction of sp³-hybridized carbons (Fsp3) is 0.182. The highest BCUT2D eigenvalue weighted by molar-refractivity contribution is 5.99. The molecular weight excluding hydrogens is 522 g/mol. The van der Waals surface area contributed by atoms with Gasteiger partial charge in [0.1, 0.15) is 19.3 Å². The van der Waals surface area contributed by atoms with Crippen LogP contribution in [0.1, 0.15) is 37.4 Å². The molecule has 0 spiro atoms. The van der Waals surface area contributed by atoms with Gasteiger partial charge in [0.15, 0.2) is 11.5 Å². The van der Waals surface area contributed by atoms with E-state index in [1.165, 1.54) is 20.3 Å². The minimum Gasteiger partial charge on any atom is -0.485 e. The van der Waals surface area contributed by atoms with Crippen molar-refractivity contribution in [1.82, 2.24) is 5.32 Å². The average molecular weight is 554 g/mol. The van der Waals surface area contributed by atoms with E-state index in [1.54, 1.807) is 30.3 Å². The maximum atomic E-state index is 13.0. The molecule has 0 aliphatic rings. The number of rotatable bonds is 12.